The summed E-state index contributed by atoms with van der Waals surface area (Å²) >= 11 is 1.56. The predicted molar refractivity (Wildman–Crippen MR) is 161 cm³/mol. The van der Waals surface area contributed by atoms with Crippen molar-refractivity contribution in [2.75, 3.05) is 20.2 Å². The van der Waals surface area contributed by atoms with Crippen LogP contribution >= 0.6 is 11.3 Å². The molecule has 0 unspecified atom stereocenters. The van der Waals surface area contributed by atoms with Crippen molar-refractivity contribution in [3.63, 3.8) is 0 Å². The van der Waals surface area contributed by atoms with E-state index in [4.69, 9.17) is 9.47 Å². The van der Waals surface area contributed by atoms with Gasteiger partial charge < -0.3 is 14.6 Å². The molecule has 5 aromatic rings. The lowest BCUT2D eigenvalue weighted by atomic mass is 9.96. The van der Waals surface area contributed by atoms with E-state index < -0.39 is 0 Å². The van der Waals surface area contributed by atoms with Gasteiger partial charge in [0.2, 0.25) is 0 Å². The average molecular weight is 550 g/mol. The lowest BCUT2D eigenvalue weighted by Crippen LogP contribution is -2.19. The van der Waals surface area contributed by atoms with Gasteiger partial charge in [-0.05, 0) is 85.6 Å². The molecule has 1 fully saturated rings. The molecule has 4 aromatic carbocycles. The van der Waals surface area contributed by atoms with E-state index in [1.54, 1.807) is 30.6 Å². The molecule has 0 aliphatic carbocycles. The first kappa shape index (κ1) is 26.1. The summed E-state index contributed by atoms with van der Waals surface area (Å²) in [4.78, 5) is 17.4. The third-order valence-electron chi connectivity index (χ3n) is 7.41. The quantitative estimate of drug-likeness (QED) is 0.191. The number of carbonyl (C=O) groups is 1. The highest BCUT2D eigenvalue weighted by molar-refractivity contribution is 7.22. The zero-order chi connectivity index (χ0) is 27.5. The van der Waals surface area contributed by atoms with Gasteiger partial charge >= 0.3 is 0 Å². The molecule has 0 spiro atoms. The van der Waals surface area contributed by atoms with Crippen LogP contribution < -0.4 is 9.47 Å². The molecule has 1 saturated heterocycles. The zero-order valence-corrected chi connectivity index (χ0v) is 23.2. The van der Waals surface area contributed by atoms with E-state index in [-0.39, 0.29) is 11.5 Å². The second-order valence-electron chi connectivity index (χ2n) is 10.1. The standard InChI is InChI=1S/C34H31NO4S/c1-38-30-19-25(9-10-26(30)21-35-17-5-6-18-35)33(37)32-29-16-15-28(39-22-23-7-3-2-4-8-23)20-31(29)40-34(32)24-11-13-27(36)14-12-24/h2-4,7-16,19-20,36H,5-6,17-18,21-22H2,1H3. The van der Waals surface area contributed by atoms with E-state index in [2.05, 4.69) is 4.90 Å². The molecule has 40 heavy (non-hydrogen) atoms. The van der Waals surface area contributed by atoms with E-state index in [0.29, 0.717) is 17.7 Å². The van der Waals surface area contributed by atoms with E-state index in [1.165, 1.54) is 12.8 Å². The molecule has 6 rings (SSSR count). The first-order valence-corrected chi connectivity index (χ1v) is 14.4. The highest BCUT2D eigenvalue weighted by Crippen LogP contribution is 2.42. The minimum atomic E-state index is -0.0571. The Hall–Kier alpha value is -4.13. The Labute approximate surface area is 238 Å². The molecule has 6 heteroatoms. The number of phenolic OH excluding ortho intramolecular Hbond substituents is 1. The Morgan fingerprint density at radius 1 is 0.925 bits per heavy atom. The number of phenols is 1. The van der Waals surface area contributed by atoms with Crippen molar-refractivity contribution in [2.24, 2.45) is 0 Å². The number of ketones is 1. The molecule has 0 atom stereocenters. The molecule has 1 aliphatic heterocycles. The van der Waals surface area contributed by atoms with Crippen LogP contribution in [0.25, 0.3) is 20.5 Å². The van der Waals surface area contributed by atoms with Crippen LogP contribution in [0.5, 0.6) is 17.2 Å². The van der Waals surface area contributed by atoms with Gasteiger partial charge in [0.15, 0.2) is 5.78 Å². The van der Waals surface area contributed by atoms with Crippen LogP contribution in [0.3, 0.4) is 0 Å². The van der Waals surface area contributed by atoms with Crippen LogP contribution in [-0.2, 0) is 13.2 Å². The van der Waals surface area contributed by atoms with Crippen LogP contribution in [0.1, 0.15) is 39.9 Å². The summed E-state index contributed by atoms with van der Waals surface area (Å²) in [6.07, 6.45) is 2.45. The maximum Gasteiger partial charge on any atom is 0.195 e. The Kier molecular flexibility index (Phi) is 7.53. The largest absolute Gasteiger partial charge is 0.508 e. The SMILES string of the molecule is COc1cc(C(=O)c2c(-c3ccc(O)cc3)sc3cc(OCc4ccccc4)ccc23)ccc1CN1CCCC1. The lowest BCUT2D eigenvalue weighted by Gasteiger charge is -2.17. The second-order valence-corrected chi connectivity index (χ2v) is 11.2. The summed E-state index contributed by atoms with van der Waals surface area (Å²) in [6, 6.07) is 28.8. The normalized spacial score (nSPS) is 13.5. The first-order valence-electron chi connectivity index (χ1n) is 13.6. The topological polar surface area (TPSA) is 59.0 Å². The number of likely N-dealkylation sites (tertiary alicyclic amines) is 1. The van der Waals surface area contributed by atoms with Crippen molar-refractivity contribution in [1.29, 1.82) is 0 Å². The Morgan fingerprint density at radius 2 is 1.70 bits per heavy atom. The van der Waals surface area contributed by atoms with Gasteiger partial charge in [-0.25, -0.2) is 0 Å². The number of thiophene rings is 1. The van der Waals surface area contributed by atoms with E-state index >= 15 is 0 Å². The second kappa shape index (κ2) is 11.5. The monoisotopic (exact) mass is 549 g/mol. The fourth-order valence-corrected chi connectivity index (χ4v) is 6.53. The third-order valence-corrected chi connectivity index (χ3v) is 8.61. The van der Waals surface area contributed by atoms with Crippen LogP contribution in [0.15, 0.2) is 91.0 Å². The average Bonchev–Trinajstić information content (AvgIpc) is 3.64. The Bertz CT molecular complexity index is 1640. The molecular weight excluding hydrogens is 518 g/mol. The van der Waals surface area contributed by atoms with Crippen LogP contribution in [0, 0.1) is 0 Å². The maximum absolute atomic E-state index is 14.2. The summed E-state index contributed by atoms with van der Waals surface area (Å²) in [5.41, 5.74) is 4.30. The van der Waals surface area contributed by atoms with Crippen LogP contribution in [0.4, 0.5) is 0 Å². The van der Waals surface area contributed by atoms with Crippen LogP contribution in [-0.4, -0.2) is 36.0 Å². The van der Waals surface area contributed by atoms with E-state index in [9.17, 15) is 9.90 Å². The van der Waals surface area contributed by atoms with E-state index in [1.807, 2.05) is 78.9 Å². The summed E-state index contributed by atoms with van der Waals surface area (Å²) < 4.78 is 12.8. The number of ether oxygens (including phenoxy) is 2. The minimum absolute atomic E-state index is 0.0571. The molecule has 0 bridgehead atoms. The van der Waals surface area contributed by atoms with Gasteiger partial charge in [-0.3, -0.25) is 9.69 Å². The number of hydrogen-bond donors (Lipinski definition) is 1. The highest BCUT2D eigenvalue weighted by atomic mass is 32.1. The smallest absolute Gasteiger partial charge is 0.195 e. The molecule has 1 aromatic heterocycles. The molecular formula is C34H31NO4S. The Morgan fingerprint density at radius 3 is 2.45 bits per heavy atom. The number of rotatable bonds is 9. The lowest BCUT2D eigenvalue weighted by molar-refractivity contribution is 0.104. The van der Waals surface area contributed by atoms with E-state index in [0.717, 1.165) is 62.8 Å². The van der Waals surface area contributed by atoms with Crippen molar-refractivity contribution in [3.8, 4) is 27.7 Å². The number of benzene rings is 4. The molecule has 2 heterocycles. The first-order chi connectivity index (χ1) is 19.6. The fourth-order valence-electron chi connectivity index (χ4n) is 5.29. The predicted octanol–water partition coefficient (Wildman–Crippen LogP) is 7.69. The number of fused-ring (bicyclic) bond motifs is 1. The molecule has 0 amide bonds. The molecule has 1 aliphatic rings. The summed E-state index contributed by atoms with van der Waals surface area (Å²) in [7, 11) is 1.66. The van der Waals surface area contributed by atoms with Gasteiger partial charge in [0.05, 0.1) is 7.11 Å². The van der Waals surface area contributed by atoms with Crippen molar-refractivity contribution in [2.45, 2.75) is 26.0 Å². The number of methoxy groups -OCH3 is 1. The highest BCUT2D eigenvalue weighted by Gasteiger charge is 2.23. The Balaban J connectivity index is 1.37. The fraction of sp³-hybridized carbons (Fsp3) is 0.206. The van der Waals surface area contributed by atoms with Gasteiger partial charge in [-0.2, -0.15) is 0 Å². The molecule has 202 valence electrons. The van der Waals surface area contributed by atoms with Gasteiger partial charge in [-0.1, -0.05) is 42.5 Å². The summed E-state index contributed by atoms with van der Waals surface area (Å²) in [5, 5.41) is 10.8. The molecule has 5 nitrogen and oxygen atoms in total. The van der Waals surface area contributed by atoms with Gasteiger partial charge in [-0.15, -0.1) is 11.3 Å². The maximum atomic E-state index is 14.2. The summed E-state index contributed by atoms with van der Waals surface area (Å²) in [5.74, 6) is 1.62. The van der Waals surface area contributed by atoms with Gasteiger partial charge in [0, 0.05) is 38.2 Å². The van der Waals surface area contributed by atoms with Gasteiger partial charge in [0.1, 0.15) is 23.9 Å². The van der Waals surface area contributed by atoms with Crippen molar-refractivity contribution in [3.05, 3.63) is 113 Å². The molecule has 0 saturated carbocycles. The number of carbonyl (C=O) groups excluding carboxylic acids is 1. The number of nitrogens with zero attached hydrogens (tertiary/aromatic N) is 1. The number of aromatic hydroxyl groups is 1. The van der Waals surface area contributed by atoms with Crippen molar-refractivity contribution in [1.82, 2.24) is 4.90 Å². The zero-order valence-electron chi connectivity index (χ0n) is 22.4. The van der Waals surface area contributed by atoms with Crippen molar-refractivity contribution < 1.29 is 19.4 Å². The molecule has 0 radical (unpaired) electrons. The molecule has 1 N–H and O–H groups in total. The third kappa shape index (κ3) is 5.46. The number of hydrogen-bond acceptors (Lipinski definition) is 6. The van der Waals surface area contributed by atoms with Gasteiger partial charge in [0.25, 0.3) is 0 Å². The summed E-state index contributed by atoms with van der Waals surface area (Å²) in [6.45, 7) is 3.48. The van der Waals surface area contributed by atoms with Crippen LogP contribution in [0.2, 0.25) is 0 Å². The van der Waals surface area contributed by atoms with Crippen molar-refractivity contribution >= 4 is 27.2 Å². The minimum Gasteiger partial charge on any atom is -0.508 e.